The minimum atomic E-state index is -0.244. The predicted molar refractivity (Wildman–Crippen MR) is 148 cm³/mol. The van der Waals surface area contributed by atoms with Gasteiger partial charge in [-0.2, -0.15) is 5.10 Å². The predicted octanol–water partition coefficient (Wildman–Crippen LogP) is 3.89. The van der Waals surface area contributed by atoms with Crippen LogP contribution in [0.25, 0.3) is 0 Å². The van der Waals surface area contributed by atoms with Gasteiger partial charge >= 0.3 is 6.09 Å². The van der Waals surface area contributed by atoms with Crippen LogP contribution >= 0.6 is 0 Å². The molecule has 10 nitrogen and oxygen atoms in total. The van der Waals surface area contributed by atoms with Crippen LogP contribution in [0.1, 0.15) is 42.6 Å². The number of hydrazone groups is 1. The molecule has 2 aromatic carbocycles. The minimum absolute atomic E-state index is 0.142. The number of amides is 2. The lowest BCUT2D eigenvalue weighted by atomic mass is 10.0. The van der Waals surface area contributed by atoms with Crippen LogP contribution in [0.4, 0.5) is 4.79 Å². The zero-order valence-electron chi connectivity index (χ0n) is 23.1. The first-order valence-electron chi connectivity index (χ1n) is 13.6. The molecule has 0 aromatic heterocycles. The Hall–Kier alpha value is -3.79. The first-order chi connectivity index (χ1) is 19.0. The van der Waals surface area contributed by atoms with Crippen LogP contribution in [0.15, 0.2) is 47.6 Å². The fraction of sp³-hybridized carbons (Fsp3) is 0.483. The Morgan fingerprint density at radius 2 is 1.67 bits per heavy atom. The Balaban J connectivity index is 1.29. The molecule has 210 valence electrons. The molecule has 2 heterocycles. The zero-order chi connectivity index (χ0) is 27.6. The summed E-state index contributed by atoms with van der Waals surface area (Å²) < 4.78 is 22.1. The van der Waals surface area contributed by atoms with Gasteiger partial charge in [-0.1, -0.05) is 0 Å². The first kappa shape index (κ1) is 28.2. The summed E-state index contributed by atoms with van der Waals surface area (Å²) in [5, 5.41) is 6.21. The Morgan fingerprint density at radius 1 is 0.897 bits per heavy atom. The molecular formula is C29H38N4O6. The first-order valence-corrected chi connectivity index (χ1v) is 13.6. The number of carbonyl (C=O) groups excluding carboxylic acids is 2. The average Bonchev–Trinajstić information content (AvgIpc) is 2.98. The largest absolute Gasteiger partial charge is 0.493 e. The highest BCUT2D eigenvalue weighted by atomic mass is 16.6. The second-order valence-corrected chi connectivity index (χ2v) is 9.28. The molecule has 0 atom stereocenters. The molecule has 4 rings (SSSR count). The average molecular weight is 539 g/mol. The normalized spacial score (nSPS) is 15.9. The Kier molecular flexibility index (Phi) is 10.0. The number of benzene rings is 2. The van der Waals surface area contributed by atoms with Gasteiger partial charge in [0.15, 0.2) is 11.5 Å². The van der Waals surface area contributed by atoms with Crippen LogP contribution in [0.3, 0.4) is 0 Å². The van der Waals surface area contributed by atoms with Crippen LogP contribution in [0.5, 0.6) is 17.2 Å². The van der Waals surface area contributed by atoms with Crippen molar-refractivity contribution in [3.63, 3.8) is 0 Å². The monoisotopic (exact) mass is 538 g/mol. The van der Waals surface area contributed by atoms with E-state index >= 15 is 0 Å². The third-order valence-electron chi connectivity index (χ3n) is 6.73. The van der Waals surface area contributed by atoms with E-state index in [1.807, 2.05) is 44.2 Å². The lowest BCUT2D eigenvalue weighted by Crippen LogP contribution is -2.49. The zero-order valence-corrected chi connectivity index (χ0v) is 23.1. The van der Waals surface area contributed by atoms with Crippen molar-refractivity contribution in [2.24, 2.45) is 5.10 Å². The van der Waals surface area contributed by atoms with E-state index in [2.05, 4.69) is 10.0 Å². The van der Waals surface area contributed by atoms with E-state index in [1.54, 1.807) is 24.1 Å². The van der Waals surface area contributed by atoms with Gasteiger partial charge in [-0.25, -0.2) is 9.80 Å². The molecule has 0 radical (unpaired) electrons. The van der Waals surface area contributed by atoms with Gasteiger partial charge in [-0.05, 0) is 69.2 Å². The van der Waals surface area contributed by atoms with Crippen molar-refractivity contribution >= 4 is 17.7 Å². The maximum atomic E-state index is 13.2. The number of methoxy groups -OCH3 is 1. The van der Waals surface area contributed by atoms with Gasteiger partial charge in [0.2, 0.25) is 0 Å². The Morgan fingerprint density at radius 3 is 2.36 bits per heavy atom. The Labute approximate surface area is 230 Å². The highest BCUT2D eigenvalue weighted by Gasteiger charge is 2.23. The van der Waals surface area contributed by atoms with E-state index < -0.39 is 0 Å². The molecule has 0 spiro atoms. The molecule has 0 aliphatic carbocycles. The van der Waals surface area contributed by atoms with Crippen LogP contribution in [0, 0.1) is 0 Å². The number of piperazine rings is 1. The lowest BCUT2D eigenvalue weighted by molar-refractivity contribution is 0.0749. The standard InChI is InChI=1S/C29H38N4O6/c1-4-37-27-21-23(10-13-26(27)36-3)25-7-6-14-33(30-25)28(34)22-8-11-24(12-9-22)39-20-19-31-15-17-32(18-16-31)29(35)38-5-2/h8-13,21H,4-7,14-20H2,1-3H3. The van der Waals surface area contributed by atoms with Crippen molar-refractivity contribution in [2.75, 3.05) is 66.2 Å². The Bertz CT molecular complexity index is 1140. The fourth-order valence-corrected chi connectivity index (χ4v) is 4.62. The third-order valence-corrected chi connectivity index (χ3v) is 6.73. The van der Waals surface area contributed by atoms with Crippen LogP contribution in [-0.4, -0.2) is 98.7 Å². The molecule has 0 bridgehead atoms. The summed E-state index contributed by atoms with van der Waals surface area (Å²) in [6.45, 7) is 9.41. The van der Waals surface area contributed by atoms with Crippen LogP contribution in [-0.2, 0) is 4.74 Å². The van der Waals surface area contributed by atoms with Gasteiger partial charge in [0.1, 0.15) is 12.4 Å². The summed E-state index contributed by atoms with van der Waals surface area (Å²) in [7, 11) is 1.61. The number of hydrogen-bond acceptors (Lipinski definition) is 8. The molecule has 2 aromatic rings. The summed E-state index contributed by atoms with van der Waals surface area (Å²) in [6.07, 6.45) is 1.37. The summed E-state index contributed by atoms with van der Waals surface area (Å²) in [4.78, 5) is 29.0. The van der Waals surface area contributed by atoms with Gasteiger partial charge in [-0.15, -0.1) is 0 Å². The topological polar surface area (TPSA) is 93.1 Å². The maximum absolute atomic E-state index is 13.2. The van der Waals surface area contributed by atoms with Crippen LogP contribution in [0.2, 0.25) is 0 Å². The molecule has 10 heteroatoms. The summed E-state index contributed by atoms with van der Waals surface area (Å²) in [5.41, 5.74) is 2.33. The van der Waals surface area contributed by atoms with Crippen molar-refractivity contribution < 1.29 is 28.5 Å². The van der Waals surface area contributed by atoms with Crippen molar-refractivity contribution in [2.45, 2.75) is 26.7 Å². The maximum Gasteiger partial charge on any atom is 0.409 e. The van der Waals surface area contributed by atoms with Gasteiger partial charge in [0, 0.05) is 50.4 Å². The lowest BCUT2D eigenvalue weighted by Gasteiger charge is -2.33. The van der Waals surface area contributed by atoms with Gasteiger partial charge in [-0.3, -0.25) is 9.69 Å². The highest BCUT2D eigenvalue weighted by molar-refractivity contribution is 6.03. The number of rotatable bonds is 10. The van der Waals surface area contributed by atoms with Crippen molar-refractivity contribution in [1.29, 1.82) is 0 Å². The molecule has 1 fully saturated rings. The van der Waals surface area contributed by atoms with Gasteiger partial charge in [0.25, 0.3) is 5.91 Å². The van der Waals surface area contributed by atoms with E-state index in [1.165, 1.54) is 5.01 Å². The van der Waals surface area contributed by atoms with E-state index in [0.29, 0.717) is 62.3 Å². The summed E-state index contributed by atoms with van der Waals surface area (Å²) in [5.74, 6) is 1.90. The quantitative estimate of drug-likeness (QED) is 0.453. The number of carbonyl (C=O) groups is 2. The fourth-order valence-electron chi connectivity index (χ4n) is 4.62. The van der Waals surface area contributed by atoms with E-state index in [9.17, 15) is 9.59 Å². The summed E-state index contributed by atoms with van der Waals surface area (Å²) >= 11 is 0. The van der Waals surface area contributed by atoms with Crippen molar-refractivity contribution in [1.82, 2.24) is 14.8 Å². The minimum Gasteiger partial charge on any atom is -0.493 e. The molecule has 0 unspecified atom stereocenters. The van der Waals surface area contributed by atoms with Gasteiger partial charge in [0.05, 0.1) is 26.0 Å². The van der Waals surface area contributed by atoms with E-state index in [4.69, 9.17) is 18.9 Å². The molecule has 0 N–H and O–H groups in total. The highest BCUT2D eigenvalue weighted by Crippen LogP contribution is 2.29. The molecule has 0 saturated carbocycles. The SMILES string of the molecule is CCOC(=O)N1CCN(CCOc2ccc(C(=O)N3CCCC(c4ccc(OC)c(OCC)c4)=N3)cc2)CC1. The van der Waals surface area contributed by atoms with Crippen molar-refractivity contribution in [3.8, 4) is 17.2 Å². The molecule has 2 aliphatic heterocycles. The molecule has 39 heavy (non-hydrogen) atoms. The number of hydrogen-bond donors (Lipinski definition) is 0. The summed E-state index contributed by atoms with van der Waals surface area (Å²) in [6, 6.07) is 12.9. The van der Waals surface area contributed by atoms with Crippen molar-refractivity contribution in [3.05, 3.63) is 53.6 Å². The molecular weight excluding hydrogens is 500 g/mol. The molecule has 2 aliphatic rings. The molecule has 2 amide bonds. The van der Waals surface area contributed by atoms with Gasteiger partial charge < -0.3 is 23.8 Å². The second-order valence-electron chi connectivity index (χ2n) is 9.28. The van der Waals surface area contributed by atoms with Crippen LogP contribution < -0.4 is 14.2 Å². The third kappa shape index (κ3) is 7.41. The van der Waals surface area contributed by atoms with E-state index in [-0.39, 0.29) is 12.0 Å². The molecule has 1 saturated heterocycles. The number of ether oxygens (including phenoxy) is 4. The second kappa shape index (κ2) is 13.8. The van der Waals surface area contributed by atoms with E-state index in [0.717, 1.165) is 43.8 Å². The smallest absolute Gasteiger partial charge is 0.409 e. The number of nitrogens with zero attached hydrogens (tertiary/aromatic N) is 4.